The lowest BCUT2D eigenvalue weighted by Crippen LogP contribution is -2.46. The van der Waals surface area contributed by atoms with Crippen molar-refractivity contribution in [3.05, 3.63) is 29.3 Å². The summed E-state index contributed by atoms with van der Waals surface area (Å²) in [5, 5.41) is 0.626. The molecule has 1 aliphatic heterocycles. The highest BCUT2D eigenvalue weighted by molar-refractivity contribution is 6.30. The third-order valence-corrected chi connectivity index (χ3v) is 4.33. The molecule has 1 fully saturated rings. The molecule has 1 aliphatic rings. The van der Waals surface area contributed by atoms with Crippen LogP contribution in [0.1, 0.15) is 26.2 Å². The predicted molar refractivity (Wildman–Crippen MR) is 87.5 cm³/mol. The van der Waals surface area contributed by atoms with Crippen molar-refractivity contribution in [3.63, 3.8) is 0 Å². The van der Waals surface area contributed by atoms with E-state index < -0.39 is 6.10 Å². The highest BCUT2D eigenvalue weighted by Gasteiger charge is 2.31. The lowest BCUT2D eigenvalue weighted by molar-refractivity contribution is -0.150. The Bertz CT molecular complexity index is 538. The zero-order chi connectivity index (χ0) is 16.8. The van der Waals surface area contributed by atoms with Gasteiger partial charge in [0.15, 0.2) is 6.10 Å². The van der Waals surface area contributed by atoms with E-state index in [0.717, 1.165) is 0 Å². The molecule has 0 N–H and O–H groups in total. The Hall–Kier alpha value is -1.75. The molecule has 126 valence electrons. The summed E-state index contributed by atoms with van der Waals surface area (Å²) in [6, 6.07) is 6.97. The number of hydrogen-bond donors (Lipinski definition) is 0. The minimum absolute atomic E-state index is 0.0363. The monoisotopic (exact) mass is 339 g/mol. The van der Waals surface area contributed by atoms with Crippen LogP contribution in [0, 0.1) is 5.92 Å². The Morgan fingerprint density at radius 3 is 2.39 bits per heavy atom. The molecule has 0 aromatic heterocycles. The first-order valence-electron chi connectivity index (χ1n) is 7.84. The van der Waals surface area contributed by atoms with Gasteiger partial charge in [-0.15, -0.1) is 0 Å². The van der Waals surface area contributed by atoms with Gasteiger partial charge in [-0.05, 0) is 43.5 Å². The van der Waals surface area contributed by atoms with Crippen molar-refractivity contribution in [2.75, 3.05) is 20.2 Å². The summed E-state index contributed by atoms with van der Waals surface area (Å²) in [4.78, 5) is 25.9. The van der Waals surface area contributed by atoms with E-state index in [4.69, 9.17) is 21.1 Å². The Morgan fingerprint density at radius 1 is 1.26 bits per heavy atom. The van der Waals surface area contributed by atoms with Crippen LogP contribution in [-0.2, 0) is 14.3 Å². The largest absolute Gasteiger partial charge is 0.481 e. The number of piperidine rings is 1. The van der Waals surface area contributed by atoms with Gasteiger partial charge in [-0.2, -0.15) is 0 Å². The lowest BCUT2D eigenvalue weighted by Gasteiger charge is -2.33. The van der Waals surface area contributed by atoms with Crippen molar-refractivity contribution in [2.45, 2.75) is 32.3 Å². The molecule has 1 aromatic carbocycles. The number of esters is 1. The minimum Gasteiger partial charge on any atom is -0.481 e. The quantitative estimate of drug-likeness (QED) is 0.774. The van der Waals surface area contributed by atoms with Gasteiger partial charge in [-0.3, -0.25) is 9.59 Å². The number of halogens is 1. The van der Waals surface area contributed by atoms with E-state index in [-0.39, 0.29) is 17.8 Å². The first kappa shape index (κ1) is 17.6. The van der Waals surface area contributed by atoms with Crippen molar-refractivity contribution < 1.29 is 19.1 Å². The fraction of sp³-hybridized carbons (Fsp3) is 0.529. The molecular weight excluding hydrogens is 318 g/mol. The smallest absolute Gasteiger partial charge is 0.308 e. The van der Waals surface area contributed by atoms with Gasteiger partial charge in [0.1, 0.15) is 5.75 Å². The maximum Gasteiger partial charge on any atom is 0.308 e. The fourth-order valence-electron chi connectivity index (χ4n) is 2.69. The highest BCUT2D eigenvalue weighted by atomic mass is 35.5. The van der Waals surface area contributed by atoms with Gasteiger partial charge < -0.3 is 14.4 Å². The Labute approximate surface area is 141 Å². The maximum absolute atomic E-state index is 12.6. The molecule has 1 amide bonds. The van der Waals surface area contributed by atoms with E-state index in [9.17, 15) is 9.59 Å². The lowest BCUT2D eigenvalue weighted by atomic mass is 9.96. The first-order valence-corrected chi connectivity index (χ1v) is 8.21. The van der Waals surface area contributed by atoms with E-state index in [1.165, 1.54) is 7.11 Å². The van der Waals surface area contributed by atoms with Crippen LogP contribution < -0.4 is 4.74 Å². The van der Waals surface area contributed by atoms with Gasteiger partial charge in [0, 0.05) is 18.1 Å². The molecular formula is C17H22ClNO4. The fourth-order valence-corrected chi connectivity index (χ4v) is 2.82. The number of rotatable bonds is 5. The number of hydrogen-bond acceptors (Lipinski definition) is 4. The first-order chi connectivity index (χ1) is 11.0. The third-order valence-electron chi connectivity index (χ3n) is 4.08. The Balaban J connectivity index is 1.92. The molecule has 1 heterocycles. The van der Waals surface area contributed by atoms with Crippen LogP contribution in [0.2, 0.25) is 5.02 Å². The maximum atomic E-state index is 12.6. The minimum atomic E-state index is -0.522. The number of likely N-dealkylation sites (tertiary alicyclic amines) is 1. The number of amides is 1. The van der Waals surface area contributed by atoms with Crippen molar-refractivity contribution in [1.82, 2.24) is 4.90 Å². The van der Waals surface area contributed by atoms with Gasteiger partial charge in [-0.25, -0.2) is 0 Å². The molecule has 23 heavy (non-hydrogen) atoms. The number of carbonyl (C=O) groups excluding carboxylic acids is 2. The second-order valence-corrected chi connectivity index (χ2v) is 6.03. The number of ether oxygens (including phenoxy) is 2. The third kappa shape index (κ3) is 4.61. The van der Waals surface area contributed by atoms with Crippen LogP contribution in [0.3, 0.4) is 0 Å². The molecule has 1 saturated heterocycles. The molecule has 0 saturated carbocycles. The molecule has 0 unspecified atom stereocenters. The van der Waals surface area contributed by atoms with Crippen LogP contribution in [0.25, 0.3) is 0 Å². The number of benzene rings is 1. The van der Waals surface area contributed by atoms with Gasteiger partial charge in [-0.1, -0.05) is 18.5 Å². The van der Waals surface area contributed by atoms with Crippen LogP contribution in [0.4, 0.5) is 0 Å². The zero-order valence-corrected chi connectivity index (χ0v) is 14.2. The van der Waals surface area contributed by atoms with Gasteiger partial charge >= 0.3 is 5.97 Å². The summed E-state index contributed by atoms with van der Waals surface area (Å²) in [7, 11) is 1.40. The molecule has 0 bridgehead atoms. The summed E-state index contributed by atoms with van der Waals surface area (Å²) in [5.41, 5.74) is 0. The van der Waals surface area contributed by atoms with E-state index >= 15 is 0 Å². The van der Waals surface area contributed by atoms with Crippen LogP contribution >= 0.6 is 11.6 Å². The Kier molecular flexibility index (Phi) is 6.28. The number of carbonyl (C=O) groups is 2. The van der Waals surface area contributed by atoms with Crippen molar-refractivity contribution in [2.24, 2.45) is 5.92 Å². The molecule has 0 spiro atoms. The van der Waals surface area contributed by atoms with Crippen molar-refractivity contribution in [1.29, 1.82) is 0 Å². The summed E-state index contributed by atoms with van der Waals surface area (Å²) in [6.45, 7) is 3.03. The second kappa shape index (κ2) is 8.20. The van der Waals surface area contributed by atoms with Gasteiger partial charge in [0.2, 0.25) is 0 Å². The summed E-state index contributed by atoms with van der Waals surface area (Å²) < 4.78 is 10.6. The topological polar surface area (TPSA) is 55.8 Å². The standard InChI is InChI=1S/C17H22ClNO4/c1-3-15(23-14-6-4-13(18)5-7-14)16(20)19-10-8-12(9-11-19)17(21)22-2/h4-7,12,15H,3,8-11H2,1-2H3/t15-/m0/s1. The summed E-state index contributed by atoms with van der Waals surface area (Å²) in [5.74, 6) is 0.285. The molecule has 5 nitrogen and oxygen atoms in total. The zero-order valence-electron chi connectivity index (χ0n) is 13.5. The van der Waals surface area contributed by atoms with E-state index in [0.29, 0.717) is 43.1 Å². The van der Waals surface area contributed by atoms with Crippen LogP contribution in [-0.4, -0.2) is 43.1 Å². The number of nitrogens with zero attached hydrogens (tertiary/aromatic N) is 1. The van der Waals surface area contributed by atoms with Crippen LogP contribution in [0.5, 0.6) is 5.75 Å². The molecule has 2 rings (SSSR count). The molecule has 6 heteroatoms. The molecule has 1 aromatic rings. The average molecular weight is 340 g/mol. The van der Waals surface area contributed by atoms with E-state index in [1.807, 2.05) is 6.92 Å². The van der Waals surface area contributed by atoms with Crippen molar-refractivity contribution in [3.8, 4) is 5.75 Å². The summed E-state index contributed by atoms with van der Waals surface area (Å²) >= 11 is 5.85. The molecule has 0 aliphatic carbocycles. The van der Waals surface area contributed by atoms with E-state index in [2.05, 4.69) is 0 Å². The second-order valence-electron chi connectivity index (χ2n) is 5.59. The molecule has 0 radical (unpaired) electrons. The van der Waals surface area contributed by atoms with Crippen LogP contribution in [0.15, 0.2) is 24.3 Å². The average Bonchev–Trinajstić information content (AvgIpc) is 2.60. The van der Waals surface area contributed by atoms with E-state index in [1.54, 1.807) is 29.2 Å². The predicted octanol–water partition coefficient (Wildman–Crippen LogP) is 2.91. The highest BCUT2D eigenvalue weighted by Crippen LogP contribution is 2.22. The Morgan fingerprint density at radius 2 is 1.87 bits per heavy atom. The number of methoxy groups -OCH3 is 1. The van der Waals surface area contributed by atoms with Gasteiger partial charge in [0.05, 0.1) is 13.0 Å². The van der Waals surface area contributed by atoms with Crippen molar-refractivity contribution >= 4 is 23.5 Å². The SMILES string of the molecule is CC[C@H](Oc1ccc(Cl)cc1)C(=O)N1CCC(C(=O)OC)CC1. The molecule has 1 atom stereocenters. The van der Waals surface area contributed by atoms with Gasteiger partial charge in [0.25, 0.3) is 5.91 Å². The normalized spacial score (nSPS) is 16.7. The summed E-state index contributed by atoms with van der Waals surface area (Å²) in [6.07, 6.45) is 1.33.